The normalized spacial score (nSPS) is 10.6. The van der Waals surface area contributed by atoms with Crippen LogP contribution in [0.15, 0.2) is 182 Å². The Kier molecular flexibility index (Phi) is 18.5. The van der Waals surface area contributed by atoms with Crippen LogP contribution in [-0.2, 0) is 79.0 Å². The average molecular weight is 825 g/mol. The molecule has 0 aliphatic rings. The second kappa shape index (κ2) is 22.0. The van der Waals surface area contributed by atoms with E-state index in [-0.39, 0.29) is 0 Å². The molecule has 0 aliphatic carbocycles. The summed E-state index contributed by atoms with van der Waals surface area (Å²) < 4.78 is 1.83. The number of hydrogen-bond donors (Lipinski definition) is 0. The molecule has 0 unspecified atom stereocenters. The molecule has 0 N–H and O–H groups in total. The average Bonchev–Trinajstić information content (AvgIpc) is 3.13. The molecule has 2 nitrogen and oxygen atoms in total. The van der Waals surface area contributed by atoms with Gasteiger partial charge in [0.05, 0.1) is 0 Å². The van der Waals surface area contributed by atoms with E-state index < -0.39 is 5.69 Å². The molecule has 0 bridgehead atoms. The topological polar surface area (TPSA) is 46.1 Å². The van der Waals surface area contributed by atoms with Crippen LogP contribution in [0.2, 0.25) is 0 Å². The molecule has 0 aliphatic heterocycles. The molecule has 6 aromatic rings. The summed E-state index contributed by atoms with van der Waals surface area (Å²) in [4.78, 5) is 18.6. The SMILES string of the molecule is [O-]P([O-])(=S)[S-].[Zn+][CH](c1ccccc1)c1ccccc1.[Zn+][CH](c1ccccc1)c1ccccc1.[Zn+][CH](c1ccccc1)c1ccccc1. The summed E-state index contributed by atoms with van der Waals surface area (Å²) in [5.41, 5.74) is 4.85. The van der Waals surface area contributed by atoms with Crippen LogP contribution in [-0.4, -0.2) is 0 Å². The van der Waals surface area contributed by atoms with Gasteiger partial charge >= 0.3 is 284 Å². The molecule has 0 fully saturated rings. The van der Waals surface area contributed by atoms with E-state index in [1.54, 1.807) is 0 Å². The predicted molar refractivity (Wildman–Crippen MR) is 186 cm³/mol. The van der Waals surface area contributed by atoms with Crippen LogP contribution in [0.5, 0.6) is 0 Å². The van der Waals surface area contributed by atoms with Crippen LogP contribution in [0, 0.1) is 0 Å². The van der Waals surface area contributed by atoms with E-state index in [1.807, 2.05) is 0 Å². The zero-order valence-electron chi connectivity index (χ0n) is 26.3. The number of hydrogen-bond acceptors (Lipinski definition) is 4. The van der Waals surface area contributed by atoms with Crippen LogP contribution >= 0.6 is 5.69 Å². The molecule has 0 heterocycles. The zero-order chi connectivity index (χ0) is 33.9. The fraction of sp³-hybridized carbons (Fsp3) is 0.0769. The minimum absolute atomic E-state index is 0.609. The van der Waals surface area contributed by atoms with E-state index in [0.717, 1.165) is 0 Å². The molecular weight excluding hydrogens is 792 g/mol. The maximum atomic E-state index is 9.29. The standard InChI is InChI=1S/3C13H11.H3O2PS2.3Zn/c3*1-3-7-12(8-4-1)11-13-9-5-2-6-10-13;1-3(2,4)5;;;/h3*1-11H;(H3,1,2,4,5);;;/q;;;;3*+1/p-3. The van der Waals surface area contributed by atoms with Crippen molar-refractivity contribution in [3.8, 4) is 0 Å². The van der Waals surface area contributed by atoms with Crippen molar-refractivity contribution in [3.63, 3.8) is 0 Å². The first-order valence-electron chi connectivity index (χ1n) is 15.2. The van der Waals surface area contributed by atoms with Gasteiger partial charge in [0.2, 0.25) is 0 Å². The second-order valence-electron chi connectivity index (χ2n) is 10.6. The van der Waals surface area contributed by atoms with Gasteiger partial charge in [-0.1, -0.05) is 0 Å². The van der Waals surface area contributed by atoms with Crippen LogP contribution in [0.1, 0.15) is 46.9 Å². The molecule has 6 aromatic carbocycles. The van der Waals surface area contributed by atoms with E-state index in [4.69, 9.17) is 0 Å². The van der Waals surface area contributed by atoms with E-state index in [2.05, 4.69) is 206 Å². The van der Waals surface area contributed by atoms with Gasteiger partial charge in [-0.2, -0.15) is 11.8 Å². The maximum absolute atomic E-state index is 9.29. The molecule has 6 rings (SSSR count). The monoisotopic (exact) mass is 820 g/mol. The van der Waals surface area contributed by atoms with Crippen molar-refractivity contribution < 1.29 is 64.7 Å². The van der Waals surface area contributed by atoms with Gasteiger partial charge in [-0.25, -0.2) is 0 Å². The van der Waals surface area contributed by atoms with E-state index in [0.29, 0.717) is 13.5 Å². The van der Waals surface area contributed by atoms with Crippen molar-refractivity contribution >= 4 is 29.7 Å². The van der Waals surface area contributed by atoms with Crippen LogP contribution in [0.3, 0.4) is 0 Å². The molecule has 0 saturated carbocycles. The Morgan fingerprint density at radius 2 is 0.468 bits per heavy atom. The van der Waals surface area contributed by atoms with Gasteiger partial charge in [0.1, 0.15) is 0 Å². The van der Waals surface area contributed by atoms with Crippen molar-refractivity contribution in [3.05, 3.63) is 215 Å². The van der Waals surface area contributed by atoms with Crippen molar-refractivity contribution in [2.75, 3.05) is 0 Å². The van der Waals surface area contributed by atoms with Gasteiger partial charge in [-0.15, -0.1) is 0 Å². The van der Waals surface area contributed by atoms with Crippen molar-refractivity contribution in [1.29, 1.82) is 0 Å². The quantitative estimate of drug-likeness (QED) is 0.0962. The molecule has 0 spiro atoms. The summed E-state index contributed by atoms with van der Waals surface area (Å²) in [5.74, 6) is 0. The molecule has 47 heavy (non-hydrogen) atoms. The summed E-state index contributed by atoms with van der Waals surface area (Å²) in [6, 6.07) is 64.3. The molecule has 224 valence electrons. The van der Waals surface area contributed by atoms with Crippen LogP contribution < -0.4 is 9.79 Å². The first-order chi connectivity index (χ1) is 22.6. The van der Waals surface area contributed by atoms with Gasteiger partial charge < -0.3 is 27.7 Å². The minimum atomic E-state index is -3.72. The molecule has 0 atom stereocenters. The van der Waals surface area contributed by atoms with Gasteiger partial charge in [-0.3, -0.25) is 0 Å². The summed E-state index contributed by atoms with van der Waals surface area (Å²) in [6.07, 6.45) is 0. The van der Waals surface area contributed by atoms with E-state index in [9.17, 15) is 9.79 Å². The third kappa shape index (κ3) is 15.9. The fourth-order valence-electron chi connectivity index (χ4n) is 4.69. The van der Waals surface area contributed by atoms with Gasteiger partial charge in [-0.05, 0) is 0 Å². The van der Waals surface area contributed by atoms with Crippen molar-refractivity contribution in [2.45, 2.75) is 13.5 Å². The van der Waals surface area contributed by atoms with Crippen LogP contribution in [0.25, 0.3) is 0 Å². The first kappa shape index (κ1) is 39.5. The predicted octanol–water partition coefficient (Wildman–Crippen LogP) is 8.45. The summed E-state index contributed by atoms with van der Waals surface area (Å²) >= 11 is 11.1. The molecule has 8 heteroatoms. The third-order valence-electron chi connectivity index (χ3n) is 7.21. The summed E-state index contributed by atoms with van der Waals surface area (Å²) in [5, 5.41) is 0. The Labute approximate surface area is 320 Å². The molecular formula is C39H33O2PS2Zn3. The Morgan fingerprint density at radius 3 is 0.574 bits per heavy atom. The van der Waals surface area contributed by atoms with Crippen LogP contribution in [0.4, 0.5) is 0 Å². The van der Waals surface area contributed by atoms with Gasteiger partial charge in [0, 0.05) is 0 Å². The second-order valence-corrected chi connectivity index (χ2v) is 20.2. The molecule has 0 radical (unpaired) electrons. The zero-order valence-corrected chi connectivity index (χ0v) is 37.7. The molecule has 0 amide bonds. The Hall–Kier alpha value is -1.89. The Morgan fingerprint density at radius 1 is 0.362 bits per heavy atom. The Balaban J connectivity index is 0.000000179. The molecule has 0 aromatic heterocycles. The summed E-state index contributed by atoms with van der Waals surface area (Å²) in [6.45, 7) is 0. The number of rotatable bonds is 6. The summed E-state index contributed by atoms with van der Waals surface area (Å²) in [7, 11) is 0. The van der Waals surface area contributed by atoms with Gasteiger partial charge in [0.25, 0.3) is 0 Å². The Bertz CT molecular complexity index is 1390. The van der Waals surface area contributed by atoms with Gasteiger partial charge in [0.15, 0.2) is 0 Å². The number of benzene rings is 6. The first-order valence-corrected chi connectivity index (χ1v) is 23.9. The third-order valence-corrected chi connectivity index (χ3v) is 13.1. The van der Waals surface area contributed by atoms with Crippen molar-refractivity contribution in [2.24, 2.45) is 0 Å². The van der Waals surface area contributed by atoms with E-state index in [1.165, 1.54) is 88.3 Å². The van der Waals surface area contributed by atoms with Crippen molar-refractivity contribution in [1.82, 2.24) is 0 Å². The van der Waals surface area contributed by atoms with E-state index >= 15 is 0 Å². The fourth-order valence-corrected chi connectivity index (χ4v) is 8.12. The molecule has 0 saturated heterocycles.